The van der Waals surface area contributed by atoms with E-state index >= 15 is 0 Å². The van der Waals surface area contributed by atoms with E-state index in [1.807, 2.05) is 4.90 Å². The number of hydrogen-bond acceptors (Lipinski definition) is 7. The summed E-state index contributed by atoms with van der Waals surface area (Å²) in [6, 6.07) is 21.8. The average Bonchev–Trinajstić information content (AvgIpc) is 3.52. The van der Waals surface area contributed by atoms with Gasteiger partial charge in [0.25, 0.3) is 0 Å². The fourth-order valence-electron chi connectivity index (χ4n) is 4.91. The number of anilines is 1. The van der Waals surface area contributed by atoms with E-state index < -0.39 is 0 Å². The van der Waals surface area contributed by atoms with Gasteiger partial charge in [-0.1, -0.05) is 48.5 Å². The topological polar surface area (TPSA) is 99.6 Å². The van der Waals surface area contributed by atoms with Crippen molar-refractivity contribution in [3.05, 3.63) is 88.9 Å². The van der Waals surface area contributed by atoms with Crippen molar-refractivity contribution >= 4 is 28.8 Å². The number of thiophene rings is 1. The Bertz CT molecular complexity index is 1290. The lowest BCUT2D eigenvalue weighted by molar-refractivity contribution is 0.229. The zero-order valence-electron chi connectivity index (χ0n) is 18.1. The molecule has 0 saturated heterocycles. The molecule has 0 bridgehead atoms. The quantitative estimate of drug-likeness (QED) is 0.432. The van der Waals surface area contributed by atoms with E-state index in [2.05, 4.69) is 86.1 Å². The highest BCUT2D eigenvalue weighted by Gasteiger charge is 2.36. The van der Waals surface area contributed by atoms with Crippen LogP contribution in [0.5, 0.6) is 0 Å². The lowest BCUT2D eigenvalue weighted by Gasteiger charge is -2.44. The zero-order chi connectivity index (χ0) is 22.4. The summed E-state index contributed by atoms with van der Waals surface area (Å²) in [4.78, 5) is 10.3. The van der Waals surface area contributed by atoms with Gasteiger partial charge >= 0.3 is 0 Å². The standard InChI is InChI=1S/C25H25N7S/c26-23-20-13-28-30-24(20)29-25(27)32(23)19-12-18-4-1-2-5-21(18)31(15-19)14-16-7-9-17(10-8-16)22-6-3-11-33-22/h1-11,13,19,23H,12,14-15,26H2,(H3,27,28,29,30). The average molecular weight is 456 g/mol. The predicted molar refractivity (Wildman–Crippen MR) is 133 cm³/mol. The van der Waals surface area contributed by atoms with Crippen molar-refractivity contribution < 1.29 is 0 Å². The second kappa shape index (κ2) is 8.06. The molecule has 2 aliphatic rings. The third-order valence-corrected chi connectivity index (χ3v) is 7.42. The van der Waals surface area contributed by atoms with Gasteiger partial charge in [-0.25, -0.2) is 0 Å². The molecule has 0 aliphatic carbocycles. The maximum atomic E-state index is 6.62. The third kappa shape index (κ3) is 3.57. The van der Waals surface area contributed by atoms with Crippen LogP contribution in [0.3, 0.4) is 0 Å². The Labute approximate surface area is 196 Å². The smallest absolute Gasteiger partial charge is 0.199 e. The van der Waals surface area contributed by atoms with Crippen molar-refractivity contribution in [1.29, 1.82) is 0 Å². The Hall–Kier alpha value is -3.62. The van der Waals surface area contributed by atoms with Gasteiger partial charge in [-0.15, -0.1) is 11.3 Å². The Kier molecular flexibility index (Phi) is 4.89. The lowest BCUT2D eigenvalue weighted by Crippen LogP contribution is -2.56. The molecular formula is C25H25N7S. The van der Waals surface area contributed by atoms with Crippen molar-refractivity contribution in [2.45, 2.75) is 25.2 Å². The van der Waals surface area contributed by atoms with Crippen molar-refractivity contribution in [1.82, 2.24) is 15.1 Å². The number of nitrogens with zero attached hydrogens (tertiary/aromatic N) is 4. The van der Waals surface area contributed by atoms with Crippen LogP contribution in [0.4, 0.5) is 11.5 Å². The molecule has 2 unspecified atom stereocenters. The summed E-state index contributed by atoms with van der Waals surface area (Å²) in [6.45, 7) is 1.62. The first kappa shape index (κ1) is 20.0. The van der Waals surface area contributed by atoms with E-state index in [1.54, 1.807) is 17.5 Å². The number of nitrogens with two attached hydrogens (primary N) is 2. The van der Waals surface area contributed by atoms with Gasteiger partial charge < -0.3 is 21.3 Å². The lowest BCUT2D eigenvalue weighted by atomic mass is 9.95. The minimum atomic E-state index is -0.376. The van der Waals surface area contributed by atoms with Gasteiger partial charge in [-0.2, -0.15) is 10.1 Å². The first-order chi connectivity index (χ1) is 16.2. The summed E-state index contributed by atoms with van der Waals surface area (Å²) in [7, 11) is 0. The SMILES string of the molecule is NC1=Nc2[nH]ncc2C(N)N1C1Cc2ccccc2N(Cc2ccc(-c3cccs3)cc2)C1. The largest absolute Gasteiger partial charge is 0.369 e. The molecule has 4 aromatic rings. The summed E-state index contributed by atoms with van der Waals surface area (Å²) in [5, 5.41) is 9.09. The van der Waals surface area contributed by atoms with Gasteiger partial charge in [0.2, 0.25) is 0 Å². The Morgan fingerprint density at radius 1 is 1.06 bits per heavy atom. The van der Waals surface area contributed by atoms with Crippen LogP contribution in [-0.2, 0) is 13.0 Å². The number of aliphatic imine (C=N–C) groups is 1. The molecule has 0 spiro atoms. The number of benzene rings is 2. The van der Waals surface area contributed by atoms with E-state index in [0.29, 0.717) is 11.8 Å². The van der Waals surface area contributed by atoms with Gasteiger partial charge in [0.1, 0.15) is 6.17 Å². The van der Waals surface area contributed by atoms with Crippen molar-refractivity contribution in [3.63, 3.8) is 0 Å². The number of rotatable bonds is 4. The molecular weight excluding hydrogens is 430 g/mol. The van der Waals surface area contributed by atoms with E-state index in [1.165, 1.54) is 27.3 Å². The van der Waals surface area contributed by atoms with Crippen molar-refractivity contribution in [2.75, 3.05) is 11.4 Å². The number of H-pyrrole nitrogens is 1. The molecule has 33 heavy (non-hydrogen) atoms. The van der Waals surface area contributed by atoms with E-state index in [-0.39, 0.29) is 12.2 Å². The van der Waals surface area contributed by atoms with E-state index in [4.69, 9.17) is 11.5 Å². The predicted octanol–water partition coefficient (Wildman–Crippen LogP) is 3.99. The highest BCUT2D eigenvalue weighted by atomic mass is 32.1. The molecule has 6 rings (SSSR count). The molecule has 8 heteroatoms. The summed E-state index contributed by atoms with van der Waals surface area (Å²) in [6.07, 6.45) is 2.23. The van der Waals surface area contributed by atoms with Crippen LogP contribution in [0.25, 0.3) is 10.4 Å². The molecule has 2 aromatic carbocycles. The fraction of sp³-hybridized carbons (Fsp3) is 0.200. The molecule has 5 N–H and O–H groups in total. The normalized spacial score (nSPS) is 19.7. The molecule has 7 nitrogen and oxygen atoms in total. The van der Waals surface area contributed by atoms with Crippen molar-refractivity contribution in [3.8, 4) is 10.4 Å². The van der Waals surface area contributed by atoms with E-state index in [9.17, 15) is 0 Å². The molecule has 0 radical (unpaired) electrons. The second-order valence-electron chi connectivity index (χ2n) is 8.54. The van der Waals surface area contributed by atoms with Crippen LogP contribution < -0.4 is 16.4 Å². The molecule has 4 heterocycles. The molecule has 2 atom stereocenters. The maximum absolute atomic E-state index is 6.62. The number of nitrogens with one attached hydrogen (secondary N) is 1. The highest BCUT2D eigenvalue weighted by Crippen LogP contribution is 2.36. The van der Waals surface area contributed by atoms with Crippen LogP contribution in [0.15, 0.2) is 77.2 Å². The summed E-state index contributed by atoms with van der Waals surface area (Å²) >= 11 is 1.76. The second-order valence-corrected chi connectivity index (χ2v) is 9.49. The molecule has 2 aromatic heterocycles. The van der Waals surface area contributed by atoms with Gasteiger partial charge in [0.05, 0.1) is 17.8 Å². The Morgan fingerprint density at radius 2 is 1.91 bits per heavy atom. The number of fused-ring (bicyclic) bond motifs is 2. The monoisotopic (exact) mass is 455 g/mol. The number of hydrogen-bond donors (Lipinski definition) is 3. The highest BCUT2D eigenvalue weighted by molar-refractivity contribution is 7.13. The van der Waals surface area contributed by atoms with E-state index in [0.717, 1.165) is 25.1 Å². The minimum absolute atomic E-state index is 0.104. The number of aromatic amines is 1. The fourth-order valence-corrected chi connectivity index (χ4v) is 5.64. The first-order valence-corrected chi connectivity index (χ1v) is 11.9. The van der Waals surface area contributed by atoms with Crippen LogP contribution in [0, 0.1) is 0 Å². The molecule has 0 fully saturated rings. The van der Waals surface area contributed by atoms with Crippen LogP contribution in [-0.4, -0.2) is 33.6 Å². The van der Waals surface area contributed by atoms with Gasteiger partial charge in [-0.3, -0.25) is 5.10 Å². The van der Waals surface area contributed by atoms with Gasteiger partial charge in [0.15, 0.2) is 11.8 Å². The molecule has 0 amide bonds. The molecule has 166 valence electrons. The summed E-state index contributed by atoms with van der Waals surface area (Å²) in [5.41, 5.74) is 19.0. The number of aromatic nitrogens is 2. The van der Waals surface area contributed by atoms with Gasteiger partial charge in [0, 0.05) is 23.7 Å². The maximum Gasteiger partial charge on any atom is 0.199 e. The Balaban J connectivity index is 1.29. The van der Waals surface area contributed by atoms with Crippen molar-refractivity contribution in [2.24, 2.45) is 16.5 Å². The summed E-state index contributed by atoms with van der Waals surface area (Å²) in [5.74, 6) is 1.08. The number of para-hydroxylation sites is 1. The summed E-state index contributed by atoms with van der Waals surface area (Å²) < 4.78 is 0. The number of guanidine groups is 1. The van der Waals surface area contributed by atoms with Crippen LogP contribution >= 0.6 is 11.3 Å². The third-order valence-electron chi connectivity index (χ3n) is 6.50. The molecule has 0 saturated carbocycles. The first-order valence-electron chi connectivity index (χ1n) is 11.0. The minimum Gasteiger partial charge on any atom is -0.369 e. The zero-order valence-corrected chi connectivity index (χ0v) is 18.9. The molecule has 2 aliphatic heterocycles. The van der Waals surface area contributed by atoms with Gasteiger partial charge in [-0.05, 0) is 40.6 Å². The Morgan fingerprint density at radius 3 is 2.73 bits per heavy atom. The van der Waals surface area contributed by atoms with Crippen LogP contribution in [0.2, 0.25) is 0 Å². The van der Waals surface area contributed by atoms with Crippen LogP contribution in [0.1, 0.15) is 22.9 Å².